The third-order valence-corrected chi connectivity index (χ3v) is 11.8. The second-order valence-corrected chi connectivity index (χ2v) is 16.7. The number of carboxylic acids is 1. The maximum absolute atomic E-state index is 14.5. The molecule has 332 valence electrons. The van der Waals surface area contributed by atoms with Crippen LogP contribution in [-0.4, -0.2) is 88.7 Å². The minimum absolute atomic E-state index is 0.00912. The van der Waals surface area contributed by atoms with Crippen LogP contribution in [0.15, 0.2) is 127 Å². The van der Waals surface area contributed by atoms with Gasteiger partial charge in [0, 0.05) is 49.2 Å². The molecular formula is C49H52N6O8S. The van der Waals surface area contributed by atoms with E-state index in [9.17, 15) is 38.7 Å². The van der Waals surface area contributed by atoms with Crippen molar-refractivity contribution in [3.8, 4) is 11.1 Å². The zero-order chi connectivity index (χ0) is 45.4. The van der Waals surface area contributed by atoms with Gasteiger partial charge < -0.3 is 36.6 Å². The van der Waals surface area contributed by atoms with Crippen molar-refractivity contribution in [1.82, 2.24) is 26.2 Å². The summed E-state index contributed by atoms with van der Waals surface area (Å²) in [5.41, 5.74) is 4.98. The molecule has 1 aromatic heterocycles. The van der Waals surface area contributed by atoms with E-state index in [1.807, 2.05) is 97.2 Å². The highest BCUT2D eigenvalue weighted by Gasteiger charge is 2.35. The third-order valence-electron chi connectivity index (χ3n) is 10.9. The molecule has 0 saturated carbocycles. The van der Waals surface area contributed by atoms with E-state index in [-0.39, 0.29) is 44.6 Å². The van der Waals surface area contributed by atoms with Crippen LogP contribution in [-0.2, 0) is 52.8 Å². The second kappa shape index (κ2) is 22.8. The highest BCUT2D eigenvalue weighted by atomic mass is 32.1. The van der Waals surface area contributed by atoms with Crippen LogP contribution in [0.5, 0.6) is 0 Å². The van der Waals surface area contributed by atoms with Gasteiger partial charge in [0.15, 0.2) is 0 Å². The van der Waals surface area contributed by atoms with Gasteiger partial charge in [-0.3, -0.25) is 28.8 Å². The molecule has 6 N–H and O–H groups in total. The molecule has 0 aliphatic carbocycles. The van der Waals surface area contributed by atoms with E-state index in [1.54, 1.807) is 36.4 Å². The number of likely N-dealkylation sites (tertiary alicyclic amines) is 1. The lowest BCUT2D eigenvalue weighted by molar-refractivity contribution is -0.148. The van der Waals surface area contributed by atoms with Crippen LogP contribution >= 0.6 is 11.3 Å². The lowest BCUT2D eigenvalue weighted by atomic mass is 9.99. The van der Waals surface area contributed by atoms with E-state index < -0.39 is 66.2 Å². The molecular weight excluding hydrogens is 833 g/mol. The molecule has 5 aromatic rings. The van der Waals surface area contributed by atoms with Crippen molar-refractivity contribution in [3.05, 3.63) is 148 Å². The highest BCUT2D eigenvalue weighted by molar-refractivity contribution is 7.09. The molecule has 0 unspecified atom stereocenters. The Hall–Kier alpha value is -7.13. The van der Waals surface area contributed by atoms with Crippen molar-refractivity contribution in [3.63, 3.8) is 0 Å². The molecule has 14 nitrogen and oxygen atoms in total. The van der Waals surface area contributed by atoms with Gasteiger partial charge in [0.1, 0.15) is 24.2 Å². The molecule has 1 fully saturated rings. The summed E-state index contributed by atoms with van der Waals surface area (Å²) in [6.45, 7) is 1.71. The number of hydrogen-bond donors (Lipinski definition) is 6. The van der Waals surface area contributed by atoms with Crippen molar-refractivity contribution in [2.24, 2.45) is 0 Å². The molecule has 4 aromatic carbocycles. The van der Waals surface area contributed by atoms with E-state index >= 15 is 0 Å². The summed E-state index contributed by atoms with van der Waals surface area (Å²) in [6, 6.07) is 32.6. The first-order chi connectivity index (χ1) is 30.9. The van der Waals surface area contributed by atoms with Gasteiger partial charge in [0.2, 0.25) is 35.4 Å². The van der Waals surface area contributed by atoms with Gasteiger partial charge in [-0.1, -0.05) is 109 Å². The fourth-order valence-electron chi connectivity index (χ4n) is 7.42. The van der Waals surface area contributed by atoms with Crippen LogP contribution in [0.3, 0.4) is 0 Å². The average molecular weight is 885 g/mol. The summed E-state index contributed by atoms with van der Waals surface area (Å²) >= 11 is 1.40. The van der Waals surface area contributed by atoms with Crippen molar-refractivity contribution in [1.29, 1.82) is 0 Å². The number of carbonyl (C=O) groups is 7. The lowest BCUT2D eigenvalue weighted by Gasteiger charge is -2.26. The first-order valence-electron chi connectivity index (χ1n) is 21.2. The average Bonchev–Trinajstić information content (AvgIpc) is 4.02. The Morgan fingerprint density at radius 3 is 1.84 bits per heavy atom. The highest BCUT2D eigenvalue weighted by Crippen LogP contribution is 2.21. The van der Waals surface area contributed by atoms with Gasteiger partial charge in [0.05, 0.1) is 6.54 Å². The predicted molar refractivity (Wildman–Crippen MR) is 244 cm³/mol. The number of thiophene rings is 1. The van der Waals surface area contributed by atoms with E-state index in [0.717, 1.165) is 21.6 Å². The summed E-state index contributed by atoms with van der Waals surface area (Å²) < 4.78 is 0. The van der Waals surface area contributed by atoms with Crippen LogP contribution in [0.2, 0.25) is 0 Å². The van der Waals surface area contributed by atoms with Gasteiger partial charge in [0.25, 0.3) is 0 Å². The van der Waals surface area contributed by atoms with E-state index in [2.05, 4.69) is 26.6 Å². The standard InChI is InChI=1S/C49H52N6O8S/c1-32-16-22-37(23-17-32)51-43(56)24-25-44(57)52-41(30-38-14-9-27-64-38)48(61)54-40(29-34-18-20-36(21-19-34)35-12-6-3-7-13-35)47(60)53-39(28-33-10-4-2-5-11-33)46(59)50-31-45(58)55-26-8-15-42(55)49(62)63/h2-7,9-14,16-23,27,39-42H,8,15,24-26,28-31H2,1H3,(H,50,59)(H,51,56)(H,52,57)(H,53,60)(H,54,61)(H,62,63)/t39-,40+,41-,42-/m1/s1. The van der Waals surface area contributed by atoms with Gasteiger partial charge >= 0.3 is 5.97 Å². The monoisotopic (exact) mass is 884 g/mol. The Bertz CT molecular complexity index is 2380. The number of aliphatic carboxylic acids is 1. The molecule has 0 radical (unpaired) electrons. The van der Waals surface area contributed by atoms with E-state index in [1.165, 1.54) is 16.2 Å². The molecule has 1 aliphatic rings. The Morgan fingerprint density at radius 2 is 1.22 bits per heavy atom. The molecule has 15 heteroatoms. The number of anilines is 1. The van der Waals surface area contributed by atoms with Crippen molar-refractivity contribution in [2.75, 3.05) is 18.4 Å². The predicted octanol–water partition coefficient (Wildman–Crippen LogP) is 4.82. The molecule has 6 rings (SSSR count). The van der Waals surface area contributed by atoms with Gasteiger partial charge in [-0.2, -0.15) is 0 Å². The molecule has 4 atom stereocenters. The summed E-state index contributed by atoms with van der Waals surface area (Å²) in [5, 5.41) is 25.2. The SMILES string of the molecule is Cc1ccc(NC(=O)CCC(=O)N[C@H](Cc2cccs2)C(=O)N[C@@H](Cc2ccc(-c3ccccc3)cc2)C(=O)N[C@H](Cc2ccccc2)C(=O)NCC(=O)N2CCC[C@@H]2C(=O)O)cc1. The second-order valence-electron chi connectivity index (χ2n) is 15.7. The van der Waals surface area contributed by atoms with Crippen LogP contribution < -0.4 is 26.6 Å². The van der Waals surface area contributed by atoms with Crippen molar-refractivity contribution in [2.45, 2.75) is 76.0 Å². The molecule has 0 bridgehead atoms. The Kier molecular flexibility index (Phi) is 16.5. The van der Waals surface area contributed by atoms with Gasteiger partial charge in [-0.25, -0.2) is 4.79 Å². The Balaban J connectivity index is 1.20. The number of benzene rings is 4. The third kappa shape index (κ3) is 13.7. The molecule has 0 spiro atoms. The Labute approximate surface area is 375 Å². The number of rotatable bonds is 20. The van der Waals surface area contributed by atoms with Crippen LogP contribution in [0.25, 0.3) is 11.1 Å². The number of nitrogens with one attached hydrogen (secondary N) is 5. The summed E-state index contributed by atoms with van der Waals surface area (Å²) in [4.78, 5) is 95.5. The van der Waals surface area contributed by atoms with Crippen LogP contribution in [0.1, 0.15) is 47.3 Å². The number of nitrogens with zero attached hydrogens (tertiary/aromatic N) is 1. The minimum Gasteiger partial charge on any atom is -0.480 e. The van der Waals surface area contributed by atoms with Gasteiger partial charge in [-0.15, -0.1) is 11.3 Å². The minimum atomic E-state index is -1.24. The van der Waals surface area contributed by atoms with Crippen LogP contribution in [0, 0.1) is 6.92 Å². The zero-order valence-corrected chi connectivity index (χ0v) is 36.3. The number of carboxylic acid groups (broad SMARTS) is 1. The number of carbonyl (C=O) groups excluding carboxylic acids is 6. The maximum Gasteiger partial charge on any atom is 0.326 e. The fourth-order valence-corrected chi connectivity index (χ4v) is 8.17. The normalized spacial score (nSPS) is 14.6. The zero-order valence-electron chi connectivity index (χ0n) is 35.5. The molecule has 1 saturated heterocycles. The van der Waals surface area contributed by atoms with Crippen molar-refractivity contribution >= 4 is 58.4 Å². The van der Waals surface area contributed by atoms with Gasteiger partial charge in [-0.05, 0) is 65.6 Å². The van der Waals surface area contributed by atoms with Crippen LogP contribution in [0.4, 0.5) is 5.69 Å². The van der Waals surface area contributed by atoms with E-state index in [4.69, 9.17) is 0 Å². The maximum atomic E-state index is 14.5. The quantitative estimate of drug-likeness (QED) is 0.0639. The molecule has 1 aliphatic heterocycles. The first kappa shape index (κ1) is 46.4. The number of aryl methyl sites for hydroxylation is 1. The fraction of sp³-hybridized carbons (Fsp3) is 0.286. The molecule has 6 amide bonds. The smallest absolute Gasteiger partial charge is 0.326 e. The van der Waals surface area contributed by atoms with E-state index in [0.29, 0.717) is 29.7 Å². The summed E-state index contributed by atoms with van der Waals surface area (Å²) in [6.07, 6.45) is 0.660. The van der Waals surface area contributed by atoms with Crippen molar-refractivity contribution < 1.29 is 38.7 Å². The number of amides is 6. The number of hydrogen-bond acceptors (Lipinski definition) is 8. The topological polar surface area (TPSA) is 203 Å². The summed E-state index contributed by atoms with van der Waals surface area (Å²) in [5.74, 6) is -4.60. The first-order valence-corrected chi connectivity index (χ1v) is 22.1. The largest absolute Gasteiger partial charge is 0.480 e. The molecule has 64 heavy (non-hydrogen) atoms. The molecule has 2 heterocycles. The lowest BCUT2D eigenvalue weighted by Crippen LogP contribution is -2.58. The summed E-state index contributed by atoms with van der Waals surface area (Å²) in [7, 11) is 0. The Morgan fingerprint density at radius 1 is 0.641 bits per heavy atom.